The number of halogens is 1. The van der Waals surface area contributed by atoms with E-state index in [4.69, 9.17) is 10.5 Å². The van der Waals surface area contributed by atoms with E-state index in [0.29, 0.717) is 9.32 Å². The van der Waals surface area contributed by atoms with E-state index in [1.54, 1.807) is 12.1 Å². The van der Waals surface area contributed by atoms with Gasteiger partial charge in [-0.2, -0.15) is 5.10 Å². The first-order valence-corrected chi connectivity index (χ1v) is 5.68. The Bertz CT molecular complexity index is 437. The maximum absolute atomic E-state index is 9.60. The number of nitrogens with two attached hydrogens (primary N) is 1. The van der Waals surface area contributed by atoms with Crippen LogP contribution in [0.3, 0.4) is 0 Å². The molecule has 1 aromatic carbocycles. The molecule has 1 rings (SSSR count). The fraction of sp³-hybridized carbons (Fsp3) is 0.111. The Morgan fingerprint density at radius 2 is 2.38 bits per heavy atom. The van der Waals surface area contributed by atoms with Crippen LogP contribution in [0.5, 0.6) is 11.5 Å². The van der Waals surface area contributed by atoms with Crippen LogP contribution in [0, 0.1) is 3.57 Å². The zero-order valence-corrected chi connectivity index (χ0v) is 11.4. The number of hydrogen-bond acceptors (Lipinski definition) is 4. The van der Waals surface area contributed by atoms with Crippen molar-refractivity contribution in [2.24, 2.45) is 10.8 Å². The van der Waals surface area contributed by atoms with Gasteiger partial charge in [-0.3, -0.25) is 5.43 Å². The van der Waals surface area contributed by atoms with Gasteiger partial charge in [-0.1, -0.05) is 0 Å². The molecule has 0 aromatic heterocycles. The van der Waals surface area contributed by atoms with E-state index in [0.717, 1.165) is 5.56 Å². The number of nitrogens with zero attached hydrogens (tertiary/aromatic N) is 1. The van der Waals surface area contributed by atoms with Crippen LogP contribution in [-0.2, 0) is 0 Å². The van der Waals surface area contributed by atoms with E-state index < -0.39 is 0 Å². The monoisotopic (exact) mass is 351 g/mol. The Balaban J connectivity index is 2.93. The Hall–Kier alpha value is -1.09. The average molecular weight is 351 g/mol. The largest absolute Gasteiger partial charge is 0.504 e. The molecular formula is C9H10IN3O2S. The van der Waals surface area contributed by atoms with Crippen molar-refractivity contribution >= 4 is 46.1 Å². The summed E-state index contributed by atoms with van der Waals surface area (Å²) in [5, 5.41) is 13.5. The molecule has 1 aromatic rings. The van der Waals surface area contributed by atoms with Gasteiger partial charge in [0.1, 0.15) is 0 Å². The van der Waals surface area contributed by atoms with Gasteiger partial charge >= 0.3 is 0 Å². The van der Waals surface area contributed by atoms with E-state index in [9.17, 15) is 5.11 Å². The second-order valence-corrected chi connectivity index (χ2v) is 4.39. The van der Waals surface area contributed by atoms with Crippen LogP contribution >= 0.6 is 34.8 Å². The van der Waals surface area contributed by atoms with Crippen molar-refractivity contribution in [1.82, 2.24) is 5.43 Å². The summed E-state index contributed by atoms with van der Waals surface area (Å²) in [6, 6.07) is 3.41. The van der Waals surface area contributed by atoms with Crippen molar-refractivity contribution in [2.75, 3.05) is 7.11 Å². The van der Waals surface area contributed by atoms with Crippen LogP contribution < -0.4 is 15.9 Å². The van der Waals surface area contributed by atoms with Gasteiger partial charge in [-0.05, 0) is 52.5 Å². The molecule has 0 atom stereocenters. The summed E-state index contributed by atoms with van der Waals surface area (Å²) in [6.07, 6.45) is 1.53. The fourth-order valence-electron chi connectivity index (χ4n) is 0.994. The highest BCUT2D eigenvalue weighted by atomic mass is 127. The number of hydrogen-bond donors (Lipinski definition) is 3. The number of benzene rings is 1. The lowest BCUT2D eigenvalue weighted by molar-refractivity contribution is 0.371. The van der Waals surface area contributed by atoms with E-state index in [-0.39, 0.29) is 10.9 Å². The number of nitrogens with one attached hydrogen (secondary N) is 1. The molecule has 0 aliphatic rings. The Morgan fingerprint density at radius 3 is 2.94 bits per heavy atom. The molecule has 0 amide bonds. The highest BCUT2D eigenvalue weighted by Crippen LogP contribution is 2.31. The van der Waals surface area contributed by atoms with E-state index in [1.165, 1.54) is 13.3 Å². The number of phenolic OH excluding ortho intramolecular Hbond substituents is 1. The molecule has 0 fully saturated rings. The van der Waals surface area contributed by atoms with Crippen molar-refractivity contribution in [1.29, 1.82) is 0 Å². The molecule has 5 nitrogen and oxygen atoms in total. The Labute approximate surface area is 112 Å². The van der Waals surface area contributed by atoms with Crippen molar-refractivity contribution in [3.63, 3.8) is 0 Å². The van der Waals surface area contributed by atoms with Gasteiger partial charge < -0.3 is 15.6 Å². The topological polar surface area (TPSA) is 79.9 Å². The lowest BCUT2D eigenvalue weighted by Crippen LogP contribution is -2.23. The highest BCUT2D eigenvalue weighted by molar-refractivity contribution is 14.1. The number of thiocarbonyl (C=S) groups is 1. The van der Waals surface area contributed by atoms with Crippen molar-refractivity contribution in [2.45, 2.75) is 0 Å². The maximum Gasteiger partial charge on any atom is 0.184 e. The number of ether oxygens (including phenoxy) is 1. The number of hydrazone groups is 1. The van der Waals surface area contributed by atoms with Crippen LogP contribution in [0.2, 0.25) is 0 Å². The predicted octanol–water partition coefficient (Wildman–Crippen LogP) is 1.17. The molecule has 16 heavy (non-hydrogen) atoms. The Morgan fingerprint density at radius 1 is 1.69 bits per heavy atom. The summed E-state index contributed by atoms with van der Waals surface area (Å²) in [6.45, 7) is 0. The molecule has 0 bridgehead atoms. The summed E-state index contributed by atoms with van der Waals surface area (Å²) in [4.78, 5) is 0. The van der Waals surface area contributed by atoms with Crippen molar-refractivity contribution in [3.8, 4) is 11.5 Å². The molecule has 0 saturated carbocycles. The lowest BCUT2D eigenvalue weighted by Gasteiger charge is -2.06. The first-order valence-electron chi connectivity index (χ1n) is 4.19. The van der Waals surface area contributed by atoms with Gasteiger partial charge in [0.2, 0.25) is 0 Å². The van der Waals surface area contributed by atoms with Crippen LogP contribution in [0.4, 0.5) is 0 Å². The van der Waals surface area contributed by atoms with Gasteiger partial charge in [0.15, 0.2) is 16.6 Å². The quantitative estimate of drug-likeness (QED) is 0.330. The zero-order chi connectivity index (χ0) is 12.1. The van der Waals surface area contributed by atoms with Gasteiger partial charge in [0, 0.05) is 0 Å². The second kappa shape index (κ2) is 5.85. The normalized spacial score (nSPS) is 10.4. The van der Waals surface area contributed by atoms with Gasteiger partial charge in [-0.25, -0.2) is 0 Å². The third-order valence-electron chi connectivity index (χ3n) is 1.66. The SMILES string of the molecule is COc1cc(C=NNC(N)=S)cc(I)c1O. The third-order valence-corrected chi connectivity index (χ3v) is 2.57. The molecule has 4 N–H and O–H groups in total. The number of aromatic hydroxyl groups is 1. The summed E-state index contributed by atoms with van der Waals surface area (Å²) < 4.78 is 5.68. The molecular weight excluding hydrogens is 341 g/mol. The molecule has 0 spiro atoms. The molecule has 86 valence electrons. The number of rotatable bonds is 3. The molecule has 0 unspecified atom stereocenters. The van der Waals surface area contributed by atoms with Gasteiger partial charge in [0.05, 0.1) is 16.9 Å². The summed E-state index contributed by atoms with van der Waals surface area (Å²) in [5.74, 6) is 0.506. The third kappa shape index (κ3) is 3.49. The average Bonchev–Trinajstić information content (AvgIpc) is 2.22. The van der Waals surface area contributed by atoms with Crippen molar-refractivity contribution in [3.05, 3.63) is 21.3 Å². The molecule has 0 aliphatic heterocycles. The predicted molar refractivity (Wildman–Crippen MR) is 74.9 cm³/mol. The molecule has 0 heterocycles. The first kappa shape index (κ1) is 13.0. The molecule has 0 radical (unpaired) electrons. The summed E-state index contributed by atoms with van der Waals surface area (Å²) >= 11 is 6.59. The smallest absolute Gasteiger partial charge is 0.184 e. The van der Waals surface area contributed by atoms with E-state index >= 15 is 0 Å². The minimum Gasteiger partial charge on any atom is -0.504 e. The lowest BCUT2D eigenvalue weighted by atomic mass is 10.2. The first-order chi connectivity index (χ1) is 7.54. The second-order valence-electron chi connectivity index (χ2n) is 2.79. The Kier molecular flexibility index (Phi) is 4.74. The minimum absolute atomic E-state index is 0.0942. The zero-order valence-electron chi connectivity index (χ0n) is 8.40. The maximum atomic E-state index is 9.60. The van der Waals surface area contributed by atoms with Crippen LogP contribution in [0.25, 0.3) is 0 Å². The van der Waals surface area contributed by atoms with E-state index in [2.05, 4.69) is 22.7 Å². The van der Waals surface area contributed by atoms with Gasteiger partial charge in [0.25, 0.3) is 0 Å². The number of methoxy groups -OCH3 is 1. The highest BCUT2D eigenvalue weighted by Gasteiger charge is 2.07. The fourth-order valence-corrected chi connectivity index (χ4v) is 1.67. The summed E-state index contributed by atoms with van der Waals surface area (Å²) in [5.41, 5.74) is 8.41. The molecule has 7 heteroatoms. The van der Waals surface area contributed by atoms with Gasteiger partial charge in [-0.15, -0.1) is 0 Å². The van der Waals surface area contributed by atoms with Crippen molar-refractivity contribution < 1.29 is 9.84 Å². The molecule has 0 saturated heterocycles. The van der Waals surface area contributed by atoms with E-state index in [1.807, 2.05) is 22.6 Å². The van der Waals surface area contributed by atoms with Crippen LogP contribution in [0.1, 0.15) is 5.56 Å². The minimum atomic E-state index is 0.0942. The standard InChI is InChI=1S/C9H10IN3O2S/c1-15-7-3-5(2-6(10)8(7)14)4-12-13-9(11)16/h2-4,14H,1H3,(H3,11,13,16). The van der Waals surface area contributed by atoms with Crippen LogP contribution in [0.15, 0.2) is 17.2 Å². The van der Waals surface area contributed by atoms with Crippen LogP contribution in [-0.4, -0.2) is 23.5 Å². The number of phenols is 1. The summed E-state index contributed by atoms with van der Waals surface area (Å²) in [7, 11) is 1.49. The molecule has 0 aliphatic carbocycles.